The zero-order valence-corrected chi connectivity index (χ0v) is 25.4. The lowest BCUT2D eigenvalue weighted by Gasteiger charge is -2.26. The number of imidazole rings is 2. The highest BCUT2D eigenvalue weighted by Gasteiger charge is 2.55. The molecular weight excluding hydrogens is 684 g/mol. The lowest BCUT2D eigenvalue weighted by atomic mass is 10.1. The number of aromatic amines is 2. The van der Waals surface area contributed by atoms with Gasteiger partial charge in [-0.25, -0.2) is 27.9 Å². The number of phosphoric acid groups is 2. The smallest absolute Gasteiger partial charge is 0.369 e. The van der Waals surface area contributed by atoms with Crippen molar-refractivity contribution in [3.05, 3.63) is 33.4 Å². The fourth-order valence-corrected chi connectivity index (χ4v) is 7.45. The molecule has 3 aliphatic rings. The molecule has 254 valence electrons. The number of nitrogens with one attached hydrogen (secondary N) is 2. The first-order valence-electron chi connectivity index (χ1n) is 13.5. The molecule has 4 aromatic rings. The van der Waals surface area contributed by atoms with Crippen molar-refractivity contribution < 1.29 is 54.9 Å². The Morgan fingerprint density at radius 2 is 1.43 bits per heavy atom. The molecule has 0 saturated carbocycles. The van der Waals surface area contributed by atoms with Crippen molar-refractivity contribution in [1.82, 2.24) is 39.0 Å². The number of nitrogens with zero attached hydrogens (tertiary/aromatic N) is 6. The lowest BCUT2D eigenvalue weighted by molar-refractivity contribution is -0.0681. The number of fused-ring (bicyclic) bond motifs is 5. The summed E-state index contributed by atoms with van der Waals surface area (Å²) in [5.41, 5.74) is 9.03. The van der Waals surface area contributed by atoms with Crippen LogP contribution in [0.1, 0.15) is 12.5 Å². The van der Waals surface area contributed by atoms with E-state index >= 15 is 8.78 Å². The second kappa shape index (κ2) is 11.5. The van der Waals surface area contributed by atoms with Gasteiger partial charge in [-0.1, -0.05) is 0 Å². The van der Waals surface area contributed by atoms with Gasteiger partial charge in [0, 0.05) is 7.11 Å². The summed E-state index contributed by atoms with van der Waals surface area (Å²) in [7, 11) is -9.10. The fraction of sp³-hybridized carbons (Fsp3) is 0.524. The fourth-order valence-electron chi connectivity index (χ4n) is 5.39. The molecule has 47 heavy (non-hydrogen) atoms. The number of nitrogens with two attached hydrogens (primary N) is 2. The Morgan fingerprint density at radius 3 is 2.02 bits per heavy atom. The van der Waals surface area contributed by atoms with Gasteiger partial charge < -0.3 is 25.8 Å². The number of ether oxygens (including phenoxy) is 2. The minimum absolute atomic E-state index is 0.170. The van der Waals surface area contributed by atoms with Gasteiger partial charge in [-0.15, -0.1) is 0 Å². The van der Waals surface area contributed by atoms with Crippen LogP contribution in [0.2, 0.25) is 0 Å². The van der Waals surface area contributed by atoms with E-state index < -0.39 is 89.2 Å². The average Bonchev–Trinajstić information content (AvgIpc) is 3.76. The predicted molar refractivity (Wildman–Crippen MR) is 149 cm³/mol. The van der Waals surface area contributed by atoms with Crippen LogP contribution in [0.25, 0.3) is 22.3 Å². The molecule has 2 bridgehead atoms. The van der Waals surface area contributed by atoms with Crippen LogP contribution in [-0.4, -0.2) is 101 Å². The van der Waals surface area contributed by atoms with Gasteiger partial charge in [0.25, 0.3) is 11.1 Å². The largest absolute Gasteiger partial charge is 0.475 e. The number of anilines is 2. The molecule has 3 aliphatic heterocycles. The summed E-state index contributed by atoms with van der Waals surface area (Å²) in [4.78, 5) is 55.4. The Balaban J connectivity index is 1.23. The van der Waals surface area contributed by atoms with E-state index in [1.54, 1.807) is 0 Å². The minimum Gasteiger partial charge on any atom is -0.369 e. The van der Waals surface area contributed by atoms with E-state index in [2.05, 4.69) is 29.9 Å². The third-order valence-corrected chi connectivity index (χ3v) is 9.91. The molecule has 4 unspecified atom stereocenters. The molecule has 7 heterocycles. The average molecular weight is 708 g/mol. The summed E-state index contributed by atoms with van der Waals surface area (Å²) >= 11 is 0. The van der Waals surface area contributed by atoms with E-state index in [0.717, 1.165) is 28.9 Å². The second-order valence-corrected chi connectivity index (χ2v) is 13.5. The maximum absolute atomic E-state index is 16.0. The molecular formula is C21H24F2N10O12P2. The van der Waals surface area contributed by atoms with Crippen molar-refractivity contribution in [2.75, 3.05) is 31.8 Å². The molecule has 0 spiro atoms. The summed E-state index contributed by atoms with van der Waals surface area (Å²) in [6, 6.07) is 0. The minimum atomic E-state index is -5.23. The zero-order valence-electron chi connectivity index (χ0n) is 23.6. The first-order chi connectivity index (χ1) is 22.3. The van der Waals surface area contributed by atoms with Crippen molar-refractivity contribution in [3.8, 4) is 0 Å². The van der Waals surface area contributed by atoms with Crippen LogP contribution in [0, 0.1) is 0 Å². The van der Waals surface area contributed by atoms with E-state index in [9.17, 15) is 23.6 Å². The van der Waals surface area contributed by atoms with Crippen molar-refractivity contribution in [2.45, 2.75) is 49.2 Å². The Hall–Kier alpha value is -3.70. The van der Waals surface area contributed by atoms with Crippen LogP contribution in [0.5, 0.6) is 0 Å². The number of aromatic nitrogens is 8. The first-order valence-corrected chi connectivity index (χ1v) is 16.4. The van der Waals surface area contributed by atoms with Gasteiger partial charge in [-0.2, -0.15) is 9.97 Å². The summed E-state index contributed by atoms with van der Waals surface area (Å²) in [6.07, 6.45) is -12.9. The van der Waals surface area contributed by atoms with Crippen molar-refractivity contribution in [2.24, 2.45) is 0 Å². The Morgan fingerprint density at radius 1 is 0.872 bits per heavy atom. The number of hydrogen-bond acceptors (Lipinski definition) is 17. The monoisotopic (exact) mass is 708 g/mol. The highest BCUT2D eigenvalue weighted by Crippen LogP contribution is 2.56. The van der Waals surface area contributed by atoms with Crippen LogP contribution in [0.3, 0.4) is 0 Å². The van der Waals surface area contributed by atoms with Crippen LogP contribution in [0.4, 0.5) is 20.7 Å². The van der Waals surface area contributed by atoms with Gasteiger partial charge in [0.1, 0.15) is 24.4 Å². The van der Waals surface area contributed by atoms with E-state index in [4.69, 9.17) is 43.6 Å². The number of nitrogen functional groups attached to an aromatic ring is 2. The predicted octanol–water partition coefficient (Wildman–Crippen LogP) is -0.440. The highest BCUT2D eigenvalue weighted by molar-refractivity contribution is 7.48. The van der Waals surface area contributed by atoms with Crippen molar-refractivity contribution in [1.29, 1.82) is 0 Å². The molecule has 7 rings (SSSR count). The van der Waals surface area contributed by atoms with Gasteiger partial charge in [0.2, 0.25) is 11.9 Å². The summed E-state index contributed by atoms with van der Waals surface area (Å²) in [5, 5.41) is 0. The third-order valence-electron chi connectivity index (χ3n) is 7.51. The van der Waals surface area contributed by atoms with Crippen molar-refractivity contribution in [3.63, 3.8) is 0 Å². The molecule has 0 aliphatic carbocycles. The Labute approximate surface area is 258 Å². The number of hydrogen-bond donors (Lipinski definition) is 5. The molecule has 0 aromatic carbocycles. The van der Waals surface area contributed by atoms with Gasteiger partial charge in [-0.3, -0.25) is 51.3 Å². The quantitative estimate of drug-likeness (QED) is 0.168. The van der Waals surface area contributed by atoms with Crippen LogP contribution in [0.15, 0.2) is 22.2 Å². The maximum atomic E-state index is 16.0. The molecule has 22 nitrogen and oxygen atoms in total. The SMILES string of the molecule is COP1(=O)OC[C@H]2O[C@@H](n3cnc4c(=O)[nH]c(N)nc43)[C@@H](F)C2OP(=O)(O)OC[C@H]2O[C@@H](n3cnc4c(=O)[nH]c(N)nc43)[C@@H](O1)C2F. The summed E-state index contributed by atoms with van der Waals surface area (Å²) in [5.74, 6) is -0.629. The maximum Gasteiger partial charge on any atom is 0.475 e. The standard InChI is InChI=1S/C21H24F2N10O12P2/c1-39-47(38)41-3-7-12(9(23)18(43-7)32-4-26-10-14(32)28-20(24)30-16(10)34)44-46(36,37)40-2-6-8(22)13(45-47)19(42-6)33-5-27-11-15(33)29-21(25)31-17(11)35/h4-9,12-13,18-19H,2-3H2,1H3,(H,36,37)(H3,24,28,30,34)(H3,25,29,31,35)/t6-,7-,8?,9+,12?,13+,18-,19-,47?/m1/s1. The van der Waals surface area contributed by atoms with Gasteiger partial charge >= 0.3 is 15.6 Å². The number of phosphoric ester groups is 2. The molecule has 10 atom stereocenters. The van der Waals surface area contributed by atoms with Gasteiger partial charge in [0.15, 0.2) is 47.1 Å². The van der Waals surface area contributed by atoms with E-state index in [-0.39, 0.29) is 34.2 Å². The number of halogens is 2. The van der Waals surface area contributed by atoms with Crippen LogP contribution >= 0.6 is 15.6 Å². The summed E-state index contributed by atoms with van der Waals surface area (Å²) < 4.78 is 98.1. The zero-order chi connectivity index (χ0) is 33.4. The summed E-state index contributed by atoms with van der Waals surface area (Å²) in [6.45, 7) is -1.85. The molecule has 0 radical (unpaired) electrons. The van der Waals surface area contributed by atoms with Crippen LogP contribution < -0.4 is 22.6 Å². The van der Waals surface area contributed by atoms with Gasteiger partial charge in [0.05, 0.1) is 25.9 Å². The third kappa shape index (κ3) is 5.55. The van der Waals surface area contributed by atoms with E-state index in [1.165, 1.54) is 0 Å². The molecule has 7 N–H and O–H groups in total. The molecule has 4 aromatic heterocycles. The molecule has 26 heteroatoms. The van der Waals surface area contributed by atoms with Crippen molar-refractivity contribution >= 4 is 49.9 Å². The number of alkyl halides is 2. The first kappa shape index (κ1) is 31.9. The normalized spacial score (nSPS) is 36.6. The lowest BCUT2D eigenvalue weighted by Crippen LogP contribution is -2.34. The van der Waals surface area contributed by atoms with E-state index in [0.29, 0.717) is 0 Å². The number of H-pyrrole nitrogens is 2. The van der Waals surface area contributed by atoms with E-state index in [1.807, 2.05) is 0 Å². The highest BCUT2D eigenvalue weighted by atomic mass is 31.2. The Kier molecular flexibility index (Phi) is 7.78. The molecule has 3 fully saturated rings. The number of rotatable bonds is 3. The second-order valence-electron chi connectivity index (χ2n) is 10.4. The van der Waals surface area contributed by atoms with Gasteiger partial charge in [-0.05, 0) is 0 Å². The molecule has 0 amide bonds. The van der Waals surface area contributed by atoms with Crippen LogP contribution in [-0.2, 0) is 41.2 Å². The molecule has 3 saturated heterocycles. The Bertz CT molecular complexity index is 2070. The topological polar surface area (TPSA) is 298 Å².